The first-order valence-corrected chi connectivity index (χ1v) is 13.2. The van der Waals surface area contributed by atoms with Crippen molar-refractivity contribution in [2.75, 3.05) is 42.0 Å². The van der Waals surface area contributed by atoms with Gasteiger partial charge in [0.15, 0.2) is 0 Å². The number of fused-ring (bicyclic) bond motifs is 1. The summed E-state index contributed by atoms with van der Waals surface area (Å²) < 4.78 is 29.3. The lowest BCUT2D eigenvalue weighted by molar-refractivity contribution is -0.139. The number of esters is 1. The quantitative estimate of drug-likeness (QED) is 0.389. The first-order chi connectivity index (χ1) is 19.1. The van der Waals surface area contributed by atoms with Gasteiger partial charge in [-0.1, -0.05) is 36.4 Å². The molecule has 3 aromatic carbocycles. The molecule has 0 heterocycles. The minimum Gasteiger partial charge on any atom is -0.496 e. The van der Waals surface area contributed by atoms with Gasteiger partial charge in [-0.2, -0.15) is 0 Å². The Morgan fingerprint density at radius 3 is 2.30 bits per heavy atom. The summed E-state index contributed by atoms with van der Waals surface area (Å²) in [6.07, 6.45) is 2.23. The van der Waals surface area contributed by atoms with Crippen molar-refractivity contribution < 1.29 is 28.2 Å². The second-order valence-electron chi connectivity index (χ2n) is 10.0. The summed E-state index contributed by atoms with van der Waals surface area (Å²) in [5.41, 5.74) is 7.17. The molecule has 0 aliphatic heterocycles. The topological polar surface area (TPSA) is 77.1 Å². The van der Waals surface area contributed by atoms with Gasteiger partial charge in [-0.3, -0.25) is 9.59 Å². The fourth-order valence-corrected chi connectivity index (χ4v) is 5.21. The molecule has 8 heteroatoms. The Balaban J connectivity index is 0.000000241. The Bertz CT molecular complexity index is 1340. The predicted octanol–water partition coefficient (Wildman–Crippen LogP) is 5.19. The zero-order valence-corrected chi connectivity index (χ0v) is 24.4. The monoisotopic (exact) mass is 550 g/mol. The van der Waals surface area contributed by atoms with E-state index in [1.807, 2.05) is 0 Å². The van der Waals surface area contributed by atoms with Crippen LogP contribution in [-0.2, 0) is 22.5 Å². The van der Waals surface area contributed by atoms with Crippen LogP contribution in [0.2, 0.25) is 0 Å². The number of hydrogen-bond acceptors (Lipinski definition) is 6. The van der Waals surface area contributed by atoms with Gasteiger partial charge in [0.05, 0.1) is 26.9 Å². The van der Waals surface area contributed by atoms with Crippen molar-refractivity contribution in [1.29, 1.82) is 0 Å². The highest BCUT2D eigenvalue weighted by Crippen LogP contribution is 2.47. The van der Waals surface area contributed by atoms with Crippen LogP contribution in [0.5, 0.6) is 11.5 Å². The summed E-state index contributed by atoms with van der Waals surface area (Å²) in [4.78, 5) is 24.5. The summed E-state index contributed by atoms with van der Waals surface area (Å²) in [5.74, 6) is 0.425. The number of ether oxygens (including phenoxy) is 3. The molecule has 0 radical (unpaired) electrons. The van der Waals surface area contributed by atoms with Crippen LogP contribution in [-0.4, -0.2) is 58.7 Å². The normalized spacial score (nSPS) is 13.7. The molecule has 40 heavy (non-hydrogen) atoms. The van der Waals surface area contributed by atoms with E-state index in [9.17, 15) is 14.0 Å². The van der Waals surface area contributed by atoms with E-state index in [0.29, 0.717) is 11.5 Å². The van der Waals surface area contributed by atoms with Gasteiger partial charge in [-0.15, -0.1) is 0 Å². The summed E-state index contributed by atoms with van der Waals surface area (Å²) in [6, 6.07) is 15.2. The van der Waals surface area contributed by atoms with Crippen LogP contribution in [0.3, 0.4) is 0 Å². The number of methoxy groups -OCH3 is 3. The molecule has 0 bridgehead atoms. The van der Waals surface area contributed by atoms with Gasteiger partial charge in [-0.05, 0) is 75.2 Å². The third-order valence-electron chi connectivity index (χ3n) is 7.07. The maximum atomic E-state index is 13.3. The number of halogens is 1. The SMILES string of the molecule is COC(=O)CNC(=O)c1c(C)cccc1F.COc1ccc(CN(C)C)c(OC)c1C1CCc2c(C)cccc21. The standard InChI is InChI=1S/C21H27NO2.C11H12FNO3/c1-14-7-6-8-17-16(14)10-11-18(17)20-19(23-4)12-9-15(13-22(2)3)21(20)24-5;1-7-4-3-5-8(12)10(7)11(15)13-6-9(14)16-2/h6-9,12,18H,10-11,13H2,1-5H3;3-5H,6H2,1-2H3,(H,13,15). The fourth-order valence-electron chi connectivity index (χ4n) is 5.21. The van der Waals surface area contributed by atoms with Gasteiger partial charge in [0.2, 0.25) is 0 Å². The number of carbonyl (C=O) groups is 2. The van der Waals surface area contributed by atoms with Crippen LogP contribution in [0.1, 0.15) is 56.1 Å². The van der Waals surface area contributed by atoms with Crippen molar-refractivity contribution in [1.82, 2.24) is 10.2 Å². The summed E-state index contributed by atoms with van der Waals surface area (Å²) in [5, 5.41) is 2.28. The molecule has 0 spiro atoms. The van der Waals surface area contributed by atoms with E-state index in [1.165, 1.54) is 47.1 Å². The minimum atomic E-state index is -0.624. The number of aryl methyl sites for hydroxylation is 2. The van der Waals surface area contributed by atoms with Crippen molar-refractivity contribution in [2.24, 2.45) is 0 Å². The number of nitrogens with one attached hydrogen (secondary N) is 1. The van der Waals surface area contributed by atoms with E-state index in [1.54, 1.807) is 27.2 Å². The Morgan fingerprint density at radius 1 is 0.975 bits per heavy atom. The second-order valence-corrected chi connectivity index (χ2v) is 10.0. The van der Waals surface area contributed by atoms with Gasteiger partial charge in [0.1, 0.15) is 23.9 Å². The molecule has 0 fully saturated rings. The van der Waals surface area contributed by atoms with E-state index >= 15 is 0 Å². The Kier molecular flexibility index (Phi) is 10.7. The molecule has 214 valence electrons. The van der Waals surface area contributed by atoms with E-state index in [0.717, 1.165) is 30.9 Å². The van der Waals surface area contributed by atoms with Gasteiger partial charge in [-0.25, -0.2) is 4.39 Å². The molecule has 3 aromatic rings. The van der Waals surface area contributed by atoms with Crippen LogP contribution >= 0.6 is 0 Å². The molecule has 0 saturated carbocycles. The highest BCUT2D eigenvalue weighted by molar-refractivity contribution is 5.97. The van der Waals surface area contributed by atoms with Crippen molar-refractivity contribution in [2.45, 2.75) is 39.2 Å². The average Bonchev–Trinajstić information content (AvgIpc) is 3.36. The van der Waals surface area contributed by atoms with E-state index in [4.69, 9.17) is 9.47 Å². The Morgan fingerprint density at radius 2 is 1.68 bits per heavy atom. The zero-order chi connectivity index (χ0) is 29.4. The minimum absolute atomic E-state index is 0.0496. The van der Waals surface area contributed by atoms with Crippen molar-refractivity contribution in [3.8, 4) is 11.5 Å². The van der Waals surface area contributed by atoms with E-state index in [-0.39, 0.29) is 12.1 Å². The molecule has 1 aliphatic rings. The summed E-state index contributed by atoms with van der Waals surface area (Å²) in [6.45, 7) is 4.41. The van der Waals surface area contributed by atoms with Crippen molar-refractivity contribution in [3.63, 3.8) is 0 Å². The van der Waals surface area contributed by atoms with Gasteiger partial charge in [0, 0.05) is 23.6 Å². The number of nitrogens with zero attached hydrogens (tertiary/aromatic N) is 1. The number of benzene rings is 3. The first kappa shape index (κ1) is 30.6. The molecule has 1 atom stereocenters. The van der Waals surface area contributed by atoms with E-state index < -0.39 is 17.7 Å². The molecular formula is C32H39FN2O5. The van der Waals surface area contributed by atoms with Crippen molar-refractivity contribution >= 4 is 11.9 Å². The number of carbonyl (C=O) groups excluding carboxylic acids is 2. The first-order valence-electron chi connectivity index (χ1n) is 13.2. The maximum Gasteiger partial charge on any atom is 0.325 e. The summed E-state index contributed by atoms with van der Waals surface area (Å²) in [7, 11) is 8.89. The van der Waals surface area contributed by atoms with E-state index in [2.05, 4.69) is 66.3 Å². The van der Waals surface area contributed by atoms with Crippen LogP contribution in [0.4, 0.5) is 4.39 Å². The van der Waals surface area contributed by atoms with Gasteiger partial charge < -0.3 is 24.4 Å². The third-order valence-corrected chi connectivity index (χ3v) is 7.07. The molecule has 4 rings (SSSR count). The van der Waals surface area contributed by atoms with Crippen molar-refractivity contribution in [3.05, 3.63) is 93.3 Å². The molecule has 1 amide bonds. The molecule has 1 aliphatic carbocycles. The largest absolute Gasteiger partial charge is 0.496 e. The van der Waals surface area contributed by atoms with Crippen LogP contribution < -0.4 is 14.8 Å². The molecule has 1 N–H and O–H groups in total. The number of amides is 1. The van der Waals surface area contributed by atoms with Gasteiger partial charge >= 0.3 is 5.97 Å². The number of rotatable bonds is 8. The lowest BCUT2D eigenvalue weighted by Gasteiger charge is -2.23. The molecular weight excluding hydrogens is 511 g/mol. The highest BCUT2D eigenvalue weighted by Gasteiger charge is 2.31. The molecule has 7 nitrogen and oxygen atoms in total. The van der Waals surface area contributed by atoms with Crippen LogP contribution in [0, 0.1) is 19.7 Å². The van der Waals surface area contributed by atoms with Gasteiger partial charge in [0.25, 0.3) is 5.91 Å². The Labute approximate surface area is 236 Å². The van der Waals surface area contributed by atoms with Crippen LogP contribution in [0.15, 0.2) is 48.5 Å². The molecule has 0 aromatic heterocycles. The average molecular weight is 551 g/mol. The van der Waals surface area contributed by atoms with Crippen LogP contribution in [0.25, 0.3) is 0 Å². The maximum absolute atomic E-state index is 13.3. The second kappa shape index (κ2) is 13.9. The third kappa shape index (κ3) is 6.99. The zero-order valence-electron chi connectivity index (χ0n) is 24.4. The molecule has 0 saturated heterocycles. The number of hydrogen-bond donors (Lipinski definition) is 1. The smallest absolute Gasteiger partial charge is 0.325 e. The lowest BCUT2D eigenvalue weighted by Crippen LogP contribution is -2.31. The highest BCUT2D eigenvalue weighted by atomic mass is 19.1. The lowest BCUT2D eigenvalue weighted by atomic mass is 9.89. The predicted molar refractivity (Wildman–Crippen MR) is 154 cm³/mol. The molecule has 1 unspecified atom stereocenters. The Hall–Kier alpha value is -3.91. The fraction of sp³-hybridized carbons (Fsp3) is 0.375. The summed E-state index contributed by atoms with van der Waals surface area (Å²) >= 11 is 0.